The summed E-state index contributed by atoms with van der Waals surface area (Å²) in [7, 11) is -2.61. The fourth-order valence-electron chi connectivity index (χ4n) is 2.35. The van der Waals surface area contributed by atoms with Crippen molar-refractivity contribution < 1.29 is 17.9 Å². The summed E-state index contributed by atoms with van der Waals surface area (Å²) in [4.78, 5) is 11.6. The van der Waals surface area contributed by atoms with Crippen LogP contribution >= 0.6 is 11.6 Å². The van der Waals surface area contributed by atoms with Gasteiger partial charge in [-0.25, -0.2) is 17.9 Å². The minimum absolute atomic E-state index is 0.00648. The Hall–Kier alpha value is -1.89. The third-order valence-corrected chi connectivity index (χ3v) is 5.74. The first-order valence-corrected chi connectivity index (χ1v) is 9.63. The Morgan fingerprint density at radius 1 is 1.20 bits per heavy atom. The summed E-state index contributed by atoms with van der Waals surface area (Å²) in [5.41, 5.74) is 2.04. The van der Waals surface area contributed by atoms with Gasteiger partial charge < -0.3 is 4.74 Å². The minimum Gasteiger partial charge on any atom is -0.465 e. The van der Waals surface area contributed by atoms with Crippen LogP contribution in [-0.4, -0.2) is 21.5 Å². The maximum Gasteiger partial charge on any atom is 0.339 e. The first-order chi connectivity index (χ1) is 11.8. The molecule has 5 nitrogen and oxygen atoms in total. The van der Waals surface area contributed by atoms with Crippen molar-refractivity contribution in [2.45, 2.75) is 31.2 Å². The number of hydrogen-bond donors (Lipinski definition) is 1. The number of rotatable bonds is 6. The molecule has 0 aromatic heterocycles. The maximum absolute atomic E-state index is 12.6. The second-order valence-corrected chi connectivity index (χ2v) is 7.69. The molecule has 1 N–H and O–H groups in total. The zero-order chi connectivity index (χ0) is 18.6. The zero-order valence-electron chi connectivity index (χ0n) is 14.2. The molecule has 25 heavy (non-hydrogen) atoms. The summed E-state index contributed by atoms with van der Waals surface area (Å²) in [5, 5.41) is 0.133. The van der Waals surface area contributed by atoms with Crippen LogP contribution in [0.1, 0.15) is 41.4 Å². The number of benzene rings is 2. The van der Waals surface area contributed by atoms with Crippen LogP contribution in [0.2, 0.25) is 5.02 Å². The van der Waals surface area contributed by atoms with E-state index < -0.39 is 22.0 Å². The van der Waals surface area contributed by atoms with E-state index in [0.717, 1.165) is 12.0 Å². The van der Waals surface area contributed by atoms with Crippen molar-refractivity contribution in [3.05, 3.63) is 64.2 Å². The molecule has 0 heterocycles. The van der Waals surface area contributed by atoms with Gasteiger partial charge in [0.05, 0.1) is 22.6 Å². The molecule has 2 aromatic rings. The lowest BCUT2D eigenvalue weighted by molar-refractivity contribution is 0.0600. The summed E-state index contributed by atoms with van der Waals surface area (Å²) in [6, 6.07) is 11.2. The summed E-state index contributed by atoms with van der Waals surface area (Å²) >= 11 is 5.93. The monoisotopic (exact) mass is 381 g/mol. The van der Waals surface area contributed by atoms with Gasteiger partial charge in [-0.3, -0.25) is 0 Å². The number of hydrogen-bond acceptors (Lipinski definition) is 4. The molecule has 0 saturated heterocycles. The lowest BCUT2D eigenvalue weighted by atomic mass is 10.1. The standard InChI is InChI=1S/C18H20ClNO4S/c1-4-13-5-7-14(8-6-13)12(2)20-25(22,23)15-9-10-17(19)16(11-15)18(21)24-3/h5-12,20H,4H2,1-3H3/t12-/m1/s1. The summed E-state index contributed by atoms with van der Waals surface area (Å²) in [6.45, 7) is 3.82. The summed E-state index contributed by atoms with van der Waals surface area (Å²) in [6.07, 6.45) is 0.918. The Kier molecular flexibility index (Phi) is 6.21. The summed E-state index contributed by atoms with van der Waals surface area (Å²) in [5.74, 6) is -0.690. The lowest BCUT2D eigenvalue weighted by Gasteiger charge is -2.16. The highest BCUT2D eigenvalue weighted by molar-refractivity contribution is 7.89. The molecule has 7 heteroatoms. The molecule has 0 amide bonds. The Labute approximate surface area is 153 Å². The number of nitrogens with one attached hydrogen (secondary N) is 1. The molecule has 1 atom stereocenters. The van der Waals surface area contributed by atoms with Gasteiger partial charge in [0.25, 0.3) is 0 Å². The van der Waals surface area contributed by atoms with Gasteiger partial charge in [-0.05, 0) is 42.7 Å². The number of ether oxygens (including phenoxy) is 1. The fraction of sp³-hybridized carbons (Fsp3) is 0.278. The number of halogens is 1. The van der Waals surface area contributed by atoms with Crippen LogP contribution in [0.3, 0.4) is 0 Å². The van der Waals surface area contributed by atoms with E-state index in [2.05, 4.69) is 16.4 Å². The lowest BCUT2D eigenvalue weighted by Crippen LogP contribution is -2.27. The molecule has 0 aliphatic heterocycles. The molecule has 0 unspecified atom stereocenters. The quantitative estimate of drug-likeness (QED) is 0.774. The Balaban J connectivity index is 2.27. The van der Waals surface area contributed by atoms with Crippen molar-refractivity contribution in [2.75, 3.05) is 7.11 Å². The van der Waals surface area contributed by atoms with Gasteiger partial charge in [0.15, 0.2) is 0 Å². The van der Waals surface area contributed by atoms with Gasteiger partial charge in [0, 0.05) is 6.04 Å². The van der Waals surface area contributed by atoms with Crippen molar-refractivity contribution in [2.24, 2.45) is 0 Å². The number of carbonyl (C=O) groups excluding carboxylic acids is 1. The van der Waals surface area contributed by atoms with Gasteiger partial charge in [-0.2, -0.15) is 0 Å². The van der Waals surface area contributed by atoms with Crippen LogP contribution in [0.4, 0.5) is 0 Å². The van der Waals surface area contributed by atoms with E-state index in [-0.39, 0.29) is 15.5 Å². The Morgan fingerprint density at radius 3 is 2.40 bits per heavy atom. The largest absolute Gasteiger partial charge is 0.465 e. The van der Waals surface area contributed by atoms with E-state index >= 15 is 0 Å². The number of methoxy groups -OCH3 is 1. The van der Waals surface area contributed by atoms with Crippen molar-refractivity contribution in [3.8, 4) is 0 Å². The average molecular weight is 382 g/mol. The van der Waals surface area contributed by atoms with E-state index in [1.54, 1.807) is 6.92 Å². The number of sulfonamides is 1. The van der Waals surface area contributed by atoms with Crippen LogP contribution in [0.15, 0.2) is 47.4 Å². The highest BCUT2D eigenvalue weighted by Gasteiger charge is 2.21. The average Bonchev–Trinajstić information content (AvgIpc) is 2.61. The van der Waals surface area contributed by atoms with E-state index in [0.29, 0.717) is 0 Å². The molecule has 134 valence electrons. The van der Waals surface area contributed by atoms with Crippen molar-refractivity contribution in [1.82, 2.24) is 4.72 Å². The molecule has 0 fully saturated rings. The first kappa shape index (κ1) is 19.4. The van der Waals surface area contributed by atoms with E-state index in [1.807, 2.05) is 24.3 Å². The van der Waals surface area contributed by atoms with Gasteiger partial charge in [0.2, 0.25) is 10.0 Å². The molecule has 0 aliphatic rings. The van der Waals surface area contributed by atoms with Crippen LogP contribution < -0.4 is 4.72 Å². The first-order valence-electron chi connectivity index (χ1n) is 7.77. The predicted molar refractivity (Wildman–Crippen MR) is 97.3 cm³/mol. The molecular formula is C18H20ClNO4S. The molecule has 0 radical (unpaired) electrons. The van der Waals surface area contributed by atoms with Gasteiger partial charge >= 0.3 is 5.97 Å². The zero-order valence-corrected chi connectivity index (χ0v) is 15.8. The van der Waals surface area contributed by atoms with E-state index in [1.165, 1.54) is 30.9 Å². The van der Waals surface area contributed by atoms with E-state index in [9.17, 15) is 13.2 Å². The third kappa shape index (κ3) is 4.60. The Bertz CT molecular complexity index is 863. The molecule has 2 rings (SSSR count). The van der Waals surface area contributed by atoms with Crippen LogP contribution in [0, 0.1) is 0 Å². The SMILES string of the molecule is CCc1ccc([C@@H](C)NS(=O)(=O)c2ccc(Cl)c(C(=O)OC)c2)cc1. The fourth-order valence-corrected chi connectivity index (χ4v) is 3.80. The van der Waals surface area contributed by atoms with Crippen molar-refractivity contribution in [1.29, 1.82) is 0 Å². The topological polar surface area (TPSA) is 72.5 Å². The van der Waals surface area contributed by atoms with Crippen LogP contribution in [0.5, 0.6) is 0 Å². The number of carbonyl (C=O) groups is 1. The Morgan fingerprint density at radius 2 is 1.84 bits per heavy atom. The van der Waals surface area contributed by atoms with Gasteiger partial charge in [-0.1, -0.05) is 42.8 Å². The smallest absolute Gasteiger partial charge is 0.339 e. The highest BCUT2D eigenvalue weighted by Crippen LogP contribution is 2.23. The second kappa shape index (κ2) is 7.99. The molecule has 2 aromatic carbocycles. The number of aryl methyl sites for hydroxylation is 1. The highest BCUT2D eigenvalue weighted by atomic mass is 35.5. The molecule has 0 saturated carbocycles. The summed E-state index contributed by atoms with van der Waals surface area (Å²) < 4.78 is 32.4. The molecular weight excluding hydrogens is 362 g/mol. The van der Waals surface area contributed by atoms with E-state index in [4.69, 9.17) is 11.6 Å². The molecule has 0 aliphatic carbocycles. The maximum atomic E-state index is 12.6. The molecule has 0 spiro atoms. The normalized spacial score (nSPS) is 12.6. The van der Waals surface area contributed by atoms with Crippen LogP contribution in [0.25, 0.3) is 0 Å². The van der Waals surface area contributed by atoms with Crippen LogP contribution in [-0.2, 0) is 21.2 Å². The minimum atomic E-state index is -3.82. The third-order valence-electron chi connectivity index (χ3n) is 3.87. The van der Waals surface area contributed by atoms with Crippen molar-refractivity contribution >= 4 is 27.6 Å². The molecule has 0 bridgehead atoms. The van der Waals surface area contributed by atoms with Crippen molar-refractivity contribution in [3.63, 3.8) is 0 Å². The number of esters is 1. The van der Waals surface area contributed by atoms with Gasteiger partial charge in [0.1, 0.15) is 0 Å². The predicted octanol–water partition coefficient (Wildman–Crippen LogP) is 3.73. The van der Waals surface area contributed by atoms with Gasteiger partial charge in [-0.15, -0.1) is 0 Å². The second-order valence-electron chi connectivity index (χ2n) is 5.57.